The van der Waals surface area contributed by atoms with Gasteiger partial charge in [0.25, 0.3) is 11.8 Å². The molecule has 2 aliphatic rings. The molecule has 0 radical (unpaired) electrons. The molecule has 2 aromatic carbocycles. The molecule has 4 atom stereocenters. The van der Waals surface area contributed by atoms with E-state index in [0.29, 0.717) is 36.1 Å². The molecule has 2 fully saturated rings. The van der Waals surface area contributed by atoms with E-state index in [0.717, 1.165) is 18.9 Å². The Morgan fingerprint density at radius 2 is 1.89 bits per heavy atom. The molecule has 0 unspecified atom stereocenters. The summed E-state index contributed by atoms with van der Waals surface area (Å²) in [5.41, 5.74) is 0.789. The molecule has 194 valence electrons. The molecule has 5 rings (SSSR count). The summed E-state index contributed by atoms with van der Waals surface area (Å²) < 4.78 is 26.2. The molecule has 3 aromatic rings. The van der Waals surface area contributed by atoms with Crippen LogP contribution in [0, 0.1) is 11.7 Å². The predicted molar refractivity (Wildman–Crippen MR) is 129 cm³/mol. The fraction of sp³-hybridized carbons (Fsp3) is 0.407. The van der Waals surface area contributed by atoms with E-state index >= 15 is 0 Å². The highest BCUT2D eigenvalue weighted by Gasteiger charge is 2.35. The van der Waals surface area contributed by atoms with Gasteiger partial charge in [-0.15, -0.1) is 0 Å². The van der Waals surface area contributed by atoms with Gasteiger partial charge in [-0.05, 0) is 68.5 Å². The number of ether oxygens (including phenoxy) is 1. The van der Waals surface area contributed by atoms with Crippen molar-refractivity contribution in [2.24, 2.45) is 5.92 Å². The Labute approximate surface area is 212 Å². The van der Waals surface area contributed by atoms with Gasteiger partial charge in [0.2, 0.25) is 5.82 Å². The molecular weight excluding hydrogens is 481 g/mol. The van der Waals surface area contributed by atoms with E-state index in [2.05, 4.69) is 15.5 Å². The van der Waals surface area contributed by atoms with E-state index < -0.39 is 36.1 Å². The third kappa shape index (κ3) is 5.40. The standard InChI is InChI=1S/C27H28FN3O6/c1-2-22(36-17-8-5-15(6-9-17)23(33)14-3-4-14)27-30-25(31-37-27)16-7-10-18(19(28)13-16)26(35)29-20-11-12-21(32)24(20)34/h5-10,13-14,20-22,24,32,34H,2-4,11-12H2,1H3,(H,29,35)/t20-,21-,22+,24+/m0/s1. The predicted octanol–water partition coefficient (Wildman–Crippen LogP) is 3.61. The highest BCUT2D eigenvalue weighted by Crippen LogP contribution is 2.33. The Kier molecular flexibility index (Phi) is 7.03. The number of aromatic nitrogens is 2. The lowest BCUT2D eigenvalue weighted by molar-refractivity contribution is 0.0296. The molecule has 0 spiro atoms. The SMILES string of the molecule is CC[C@@H](Oc1ccc(C(=O)C2CC2)cc1)c1nc(-c2ccc(C(=O)N[C@H]3CC[C@H](O)[C@@H]3O)c(F)c2)no1. The first kappa shape index (κ1) is 25.0. The number of hydrogen-bond donors (Lipinski definition) is 3. The lowest BCUT2D eigenvalue weighted by atomic mass is 10.1. The van der Waals surface area contributed by atoms with Gasteiger partial charge in [-0.3, -0.25) is 9.59 Å². The summed E-state index contributed by atoms with van der Waals surface area (Å²) in [5, 5.41) is 26.1. The molecule has 0 aliphatic heterocycles. The van der Waals surface area contributed by atoms with Gasteiger partial charge >= 0.3 is 0 Å². The summed E-state index contributed by atoms with van der Waals surface area (Å²) in [6.07, 6.45) is 0.657. The number of aliphatic hydroxyl groups is 2. The number of halogens is 1. The number of carbonyl (C=O) groups excluding carboxylic acids is 2. The largest absolute Gasteiger partial charge is 0.481 e. The van der Waals surface area contributed by atoms with Crippen molar-refractivity contribution in [3.8, 4) is 17.1 Å². The Balaban J connectivity index is 1.25. The van der Waals surface area contributed by atoms with E-state index in [4.69, 9.17) is 9.26 Å². The molecule has 2 saturated carbocycles. The molecule has 37 heavy (non-hydrogen) atoms. The van der Waals surface area contributed by atoms with Gasteiger partial charge in [-0.1, -0.05) is 18.1 Å². The number of benzene rings is 2. The van der Waals surface area contributed by atoms with Crippen LogP contribution >= 0.6 is 0 Å². The molecular formula is C27H28FN3O6. The van der Waals surface area contributed by atoms with Crippen LogP contribution in [-0.4, -0.2) is 50.3 Å². The number of amides is 1. The van der Waals surface area contributed by atoms with Gasteiger partial charge in [0.1, 0.15) is 17.7 Å². The van der Waals surface area contributed by atoms with Gasteiger partial charge in [0.15, 0.2) is 11.9 Å². The summed E-state index contributed by atoms with van der Waals surface area (Å²) in [4.78, 5) is 29.0. The molecule has 0 bridgehead atoms. The lowest BCUT2D eigenvalue weighted by Crippen LogP contribution is -2.43. The van der Waals surface area contributed by atoms with E-state index in [-0.39, 0.29) is 29.0 Å². The molecule has 1 aromatic heterocycles. The number of Topliss-reactive ketones (excluding diaryl/α,β-unsaturated/α-hetero) is 1. The zero-order chi connectivity index (χ0) is 26.1. The average molecular weight is 510 g/mol. The normalized spacial score (nSPS) is 22.0. The first-order chi connectivity index (χ1) is 17.8. The van der Waals surface area contributed by atoms with Crippen molar-refractivity contribution in [1.29, 1.82) is 0 Å². The number of aliphatic hydroxyl groups excluding tert-OH is 2. The van der Waals surface area contributed by atoms with Crippen molar-refractivity contribution in [2.45, 2.75) is 63.4 Å². The van der Waals surface area contributed by atoms with Crippen molar-refractivity contribution in [3.63, 3.8) is 0 Å². The Morgan fingerprint density at radius 1 is 1.14 bits per heavy atom. The van der Waals surface area contributed by atoms with Crippen molar-refractivity contribution in [1.82, 2.24) is 15.5 Å². The number of carbonyl (C=O) groups is 2. The maximum atomic E-state index is 14.8. The van der Waals surface area contributed by atoms with Crippen molar-refractivity contribution in [2.75, 3.05) is 0 Å². The summed E-state index contributed by atoms with van der Waals surface area (Å²) >= 11 is 0. The number of hydrogen-bond acceptors (Lipinski definition) is 8. The number of rotatable bonds is 9. The molecule has 1 heterocycles. The Bertz CT molecular complexity index is 1290. The third-order valence-electron chi connectivity index (χ3n) is 6.82. The average Bonchev–Trinajstić information content (AvgIpc) is 3.56. The van der Waals surface area contributed by atoms with Crippen molar-refractivity contribution >= 4 is 11.7 Å². The van der Waals surface area contributed by atoms with Crippen LogP contribution in [0.5, 0.6) is 5.75 Å². The summed E-state index contributed by atoms with van der Waals surface area (Å²) in [6.45, 7) is 1.90. The van der Waals surface area contributed by atoms with Gasteiger partial charge in [-0.2, -0.15) is 4.98 Å². The highest BCUT2D eigenvalue weighted by molar-refractivity contribution is 5.99. The van der Waals surface area contributed by atoms with Crippen LogP contribution in [0.2, 0.25) is 0 Å². The van der Waals surface area contributed by atoms with Crippen LogP contribution in [0.15, 0.2) is 47.0 Å². The zero-order valence-corrected chi connectivity index (χ0v) is 20.3. The van der Waals surface area contributed by atoms with Crippen LogP contribution in [0.4, 0.5) is 4.39 Å². The summed E-state index contributed by atoms with van der Waals surface area (Å²) in [6, 6.07) is 10.3. The number of nitrogens with one attached hydrogen (secondary N) is 1. The van der Waals surface area contributed by atoms with Crippen LogP contribution in [0.3, 0.4) is 0 Å². The van der Waals surface area contributed by atoms with Crippen LogP contribution in [0.1, 0.15) is 71.7 Å². The fourth-order valence-corrected chi connectivity index (χ4v) is 4.44. The summed E-state index contributed by atoms with van der Waals surface area (Å²) in [7, 11) is 0. The fourth-order valence-electron chi connectivity index (χ4n) is 4.44. The minimum Gasteiger partial charge on any atom is -0.481 e. The first-order valence-corrected chi connectivity index (χ1v) is 12.5. The Hall–Kier alpha value is -3.63. The van der Waals surface area contributed by atoms with Crippen molar-refractivity contribution < 1.29 is 33.5 Å². The molecule has 0 saturated heterocycles. The molecule has 2 aliphatic carbocycles. The molecule has 1 amide bonds. The van der Waals surface area contributed by atoms with Crippen LogP contribution in [-0.2, 0) is 0 Å². The van der Waals surface area contributed by atoms with Crippen LogP contribution < -0.4 is 10.1 Å². The van der Waals surface area contributed by atoms with Crippen molar-refractivity contribution in [3.05, 3.63) is 65.3 Å². The second-order valence-electron chi connectivity index (χ2n) is 9.54. The monoisotopic (exact) mass is 509 g/mol. The van der Waals surface area contributed by atoms with E-state index in [1.807, 2.05) is 6.92 Å². The first-order valence-electron chi connectivity index (χ1n) is 12.5. The summed E-state index contributed by atoms with van der Waals surface area (Å²) in [5.74, 6) is -0.242. The lowest BCUT2D eigenvalue weighted by Gasteiger charge is -2.18. The van der Waals surface area contributed by atoms with E-state index in [9.17, 15) is 24.2 Å². The molecule has 10 heteroatoms. The molecule has 3 N–H and O–H groups in total. The molecule has 9 nitrogen and oxygen atoms in total. The maximum Gasteiger partial charge on any atom is 0.268 e. The second-order valence-corrected chi connectivity index (χ2v) is 9.54. The zero-order valence-electron chi connectivity index (χ0n) is 20.3. The minimum absolute atomic E-state index is 0.141. The van der Waals surface area contributed by atoms with E-state index in [1.54, 1.807) is 24.3 Å². The van der Waals surface area contributed by atoms with E-state index in [1.165, 1.54) is 12.1 Å². The Morgan fingerprint density at radius 3 is 2.51 bits per heavy atom. The van der Waals surface area contributed by atoms with Gasteiger partial charge in [0.05, 0.1) is 17.7 Å². The minimum atomic E-state index is -1.08. The van der Waals surface area contributed by atoms with Gasteiger partial charge < -0.3 is 24.8 Å². The number of nitrogens with zero attached hydrogens (tertiary/aromatic N) is 2. The highest BCUT2D eigenvalue weighted by atomic mass is 19.1. The van der Waals surface area contributed by atoms with Crippen LogP contribution in [0.25, 0.3) is 11.4 Å². The van der Waals surface area contributed by atoms with Gasteiger partial charge in [-0.25, -0.2) is 4.39 Å². The third-order valence-corrected chi connectivity index (χ3v) is 6.82. The smallest absolute Gasteiger partial charge is 0.268 e. The van der Waals surface area contributed by atoms with Gasteiger partial charge in [0, 0.05) is 17.0 Å². The topological polar surface area (TPSA) is 135 Å². The maximum absolute atomic E-state index is 14.8. The quantitative estimate of drug-likeness (QED) is 0.373. The second kappa shape index (κ2) is 10.4. The number of ketones is 1.